The Hall–Kier alpha value is -2.00. The molecule has 0 bridgehead atoms. The van der Waals surface area contributed by atoms with Gasteiger partial charge in [0.1, 0.15) is 0 Å². The Morgan fingerprint density at radius 1 is 1.05 bits per heavy atom. The van der Waals surface area contributed by atoms with Crippen LogP contribution < -0.4 is 5.73 Å². The predicted molar refractivity (Wildman–Crippen MR) is 86.9 cm³/mol. The normalized spacial score (nSPS) is 10.8. The fourth-order valence-corrected chi connectivity index (χ4v) is 3.20. The molecule has 100 valence electrons. The molecule has 0 unspecified atom stereocenters. The van der Waals surface area contributed by atoms with Crippen molar-refractivity contribution in [2.24, 2.45) is 0 Å². The molecule has 0 atom stereocenters. The van der Waals surface area contributed by atoms with Gasteiger partial charge in [-0.1, -0.05) is 30.3 Å². The lowest BCUT2D eigenvalue weighted by atomic mass is 10.1. The van der Waals surface area contributed by atoms with Crippen LogP contribution >= 0.6 is 11.8 Å². The highest BCUT2D eigenvalue weighted by Crippen LogP contribution is 2.33. The number of benzene rings is 2. The summed E-state index contributed by atoms with van der Waals surface area (Å²) in [6, 6.07) is 16.7. The zero-order valence-corrected chi connectivity index (χ0v) is 12.2. The molecule has 0 spiro atoms. The molecule has 2 nitrogen and oxygen atoms in total. The topological polar surface area (TPSA) is 38.9 Å². The van der Waals surface area contributed by atoms with Crippen LogP contribution in [-0.2, 0) is 5.75 Å². The van der Waals surface area contributed by atoms with E-state index in [0.29, 0.717) is 0 Å². The first-order valence-corrected chi connectivity index (χ1v) is 7.54. The molecular formula is C17H16N2S. The second-order valence-electron chi connectivity index (χ2n) is 4.80. The first-order valence-electron chi connectivity index (χ1n) is 6.55. The van der Waals surface area contributed by atoms with Crippen molar-refractivity contribution in [2.75, 3.05) is 5.73 Å². The number of aryl methyl sites for hydroxylation is 1. The van der Waals surface area contributed by atoms with Crippen molar-refractivity contribution in [1.29, 1.82) is 0 Å². The number of hydrogen-bond donors (Lipinski definition) is 1. The molecule has 20 heavy (non-hydrogen) atoms. The van der Waals surface area contributed by atoms with Crippen LogP contribution in [0.25, 0.3) is 10.8 Å². The Kier molecular flexibility index (Phi) is 3.61. The summed E-state index contributed by atoms with van der Waals surface area (Å²) >= 11 is 1.84. The van der Waals surface area contributed by atoms with Crippen LogP contribution in [0.15, 0.2) is 59.6 Å². The molecule has 0 aliphatic carbocycles. The standard InChI is InChI=1S/C17H16N2S/c1-12-9-14-15(10-19-12)16(18)7-8-17(14)20-11-13-5-3-2-4-6-13/h2-10H,11,18H2,1H3. The number of nitrogen functional groups attached to an aromatic ring is 1. The summed E-state index contributed by atoms with van der Waals surface area (Å²) in [5, 5.41) is 2.23. The van der Waals surface area contributed by atoms with Gasteiger partial charge in [-0.2, -0.15) is 0 Å². The molecule has 3 heteroatoms. The van der Waals surface area contributed by atoms with Gasteiger partial charge >= 0.3 is 0 Å². The molecule has 2 aromatic carbocycles. The Morgan fingerprint density at radius 2 is 1.85 bits per heavy atom. The van der Waals surface area contributed by atoms with Gasteiger partial charge < -0.3 is 5.73 Å². The Balaban J connectivity index is 1.95. The van der Waals surface area contributed by atoms with E-state index in [1.165, 1.54) is 15.8 Å². The van der Waals surface area contributed by atoms with Crippen molar-refractivity contribution in [2.45, 2.75) is 17.6 Å². The summed E-state index contributed by atoms with van der Waals surface area (Å²) in [7, 11) is 0. The summed E-state index contributed by atoms with van der Waals surface area (Å²) < 4.78 is 0. The zero-order chi connectivity index (χ0) is 13.9. The van der Waals surface area contributed by atoms with Gasteiger partial charge in [0.05, 0.1) is 0 Å². The smallest absolute Gasteiger partial charge is 0.0410 e. The number of nitrogens with two attached hydrogens (primary N) is 1. The lowest BCUT2D eigenvalue weighted by molar-refractivity contribution is 1.22. The van der Waals surface area contributed by atoms with Crippen LogP contribution in [0, 0.1) is 6.92 Å². The molecular weight excluding hydrogens is 264 g/mol. The van der Waals surface area contributed by atoms with Crippen molar-refractivity contribution in [3.63, 3.8) is 0 Å². The van der Waals surface area contributed by atoms with Crippen molar-refractivity contribution >= 4 is 28.2 Å². The largest absolute Gasteiger partial charge is 0.398 e. The number of fused-ring (bicyclic) bond motifs is 1. The van der Waals surface area contributed by atoms with Gasteiger partial charge in [0.25, 0.3) is 0 Å². The van der Waals surface area contributed by atoms with E-state index in [1.54, 1.807) is 0 Å². The second kappa shape index (κ2) is 5.55. The molecule has 0 amide bonds. The van der Waals surface area contributed by atoms with Crippen molar-refractivity contribution in [1.82, 2.24) is 4.98 Å². The lowest BCUT2D eigenvalue weighted by Gasteiger charge is -2.09. The molecule has 0 saturated carbocycles. The predicted octanol–water partition coefficient (Wildman–Crippen LogP) is 4.42. The number of aromatic nitrogens is 1. The van der Waals surface area contributed by atoms with E-state index in [4.69, 9.17) is 5.73 Å². The fraction of sp³-hybridized carbons (Fsp3) is 0.118. The quantitative estimate of drug-likeness (QED) is 0.570. The maximum atomic E-state index is 6.03. The average molecular weight is 280 g/mol. The van der Waals surface area contributed by atoms with Gasteiger partial charge in [0.2, 0.25) is 0 Å². The Morgan fingerprint density at radius 3 is 2.65 bits per heavy atom. The molecule has 2 N–H and O–H groups in total. The molecule has 0 aliphatic heterocycles. The average Bonchev–Trinajstić information content (AvgIpc) is 2.47. The minimum absolute atomic E-state index is 0.788. The van der Waals surface area contributed by atoms with Gasteiger partial charge in [-0.05, 0) is 30.7 Å². The molecule has 0 aliphatic rings. The van der Waals surface area contributed by atoms with E-state index in [1.807, 2.05) is 37.0 Å². The van der Waals surface area contributed by atoms with Crippen molar-refractivity contribution < 1.29 is 0 Å². The van der Waals surface area contributed by atoms with Gasteiger partial charge in [0, 0.05) is 39.0 Å². The highest BCUT2D eigenvalue weighted by molar-refractivity contribution is 7.98. The molecule has 3 rings (SSSR count). The van der Waals surface area contributed by atoms with E-state index in [-0.39, 0.29) is 0 Å². The highest BCUT2D eigenvalue weighted by atomic mass is 32.2. The third kappa shape index (κ3) is 2.63. The third-order valence-corrected chi connectivity index (χ3v) is 4.41. The second-order valence-corrected chi connectivity index (χ2v) is 5.82. The van der Waals surface area contributed by atoms with Crippen LogP contribution in [0.5, 0.6) is 0 Å². The minimum atomic E-state index is 0.788. The highest BCUT2D eigenvalue weighted by Gasteiger charge is 2.06. The van der Waals surface area contributed by atoms with Gasteiger partial charge in [0.15, 0.2) is 0 Å². The summed E-state index contributed by atoms with van der Waals surface area (Å²) in [6.45, 7) is 2.01. The van der Waals surface area contributed by atoms with Crippen molar-refractivity contribution in [3.05, 3.63) is 66.0 Å². The van der Waals surface area contributed by atoms with E-state index < -0.39 is 0 Å². The molecule has 1 heterocycles. The van der Waals surface area contributed by atoms with Crippen LogP contribution in [0.4, 0.5) is 5.69 Å². The first kappa shape index (κ1) is 13.0. The minimum Gasteiger partial charge on any atom is -0.398 e. The van der Waals surface area contributed by atoms with E-state index in [0.717, 1.165) is 22.5 Å². The molecule has 0 radical (unpaired) electrons. The number of pyridine rings is 1. The van der Waals surface area contributed by atoms with Gasteiger partial charge in [-0.3, -0.25) is 4.98 Å². The van der Waals surface area contributed by atoms with Gasteiger partial charge in [-0.15, -0.1) is 11.8 Å². The maximum Gasteiger partial charge on any atom is 0.0410 e. The number of anilines is 1. The van der Waals surface area contributed by atoms with Crippen LogP contribution in [0.3, 0.4) is 0 Å². The lowest BCUT2D eigenvalue weighted by Crippen LogP contribution is -1.91. The zero-order valence-electron chi connectivity index (χ0n) is 11.3. The van der Waals surface area contributed by atoms with Gasteiger partial charge in [-0.25, -0.2) is 0 Å². The third-order valence-electron chi connectivity index (χ3n) is 3.27. The number of rotatable bonds is 3. The Labute approximate surface area is 123 Å². The first-order chi connectivity index (χ1) is 9.74. The summed E-state index contributed by atoms with van der Waals surface area (Å²) in [4.78, 5) is 5.59. The SMILES string of the molecule is Cc1cc2c(SCc3ccccc3)ccc(N)c2cn1. The Bertz CT molecular complexity index is 739. The number of thioether (sulfide) groups is 1. The van der Waals surface area contributed by atoms with Crippen LogP contribution in [0.1, 0.15) is 11.3 Å². The van der Waals surface area contributed by atoms with E-state index >= 15 is 0 Å². The molecule has 0 fully saturated rings. The van der Waals surface area contributed by atoms with Crippen LogP contribution in [0.2, 0.25) is 0 Å². The maximum absolute atomic E-state index is 6.03. The number of hydrogen-bond acceptors (Lipinski definition) is 3. The van der Waals surface area contributed by atoms with E-state index in [9.17, 15) is 0 Å². The van der Waals surface area contributed by atoms with Crippen molar-refractivity contribution in [3.8, 4) is 0 Å². The summed E-state index contributed by atoms with van der Waals surface area (Å²) in [5.41, 5.74) is 9.17. The number of nitrogens with zero attached hydrogens (tertiary/aromatic N) is 1. The van der Waals surface area contributed by atoms with Crippen LogP contribution in [-0.4, -0.2) is 4.98 Å². The van der Waals surface area contributed by atoms with E-state index in [2.05, 4.69) is 41.4 Å². The summed E-state index contributed by atoms with van der Waals surface area (Å²) in [6.07, 6.45) is 1.87. The molecule has 3 aromatic rings. The monoisotopic (exact) mass is 280 g/mol. The summed E-state index contributed by atoms with van der Waals surface area (Å²) in [5.74, 6) is 0.960. The molecule has 0 saturated heterocycles. The fourth-order valence-electron chi connectivity index (χ4n) is 2.20. The molecule has 1 aromatic heterocycles.